The number of halogens is 1. The molecule has 0 aliphatic carbocycles. The fourth-order valence-electron chi connectivity index (χ4n) is 3.28. The number of hydrogen-bond donors (Lipinski definition) is 1. The number of rotatable bonds is 4. The topological polar surface area (TPSA) is 59.8 Å². The van der Waals surface area contributed by atoms with Crippen LogP contribution < -0.4 is 5.32 Å². The average molecular weight is 413 g/mol. The van der Waals surface area contributed by atoms with Gasteiger partial charge in [-0.15, -0.1) is 10.2 Å². The van der Waals surface area contributed by atoms with E-state index in [1.165, 1.54) is 11.8 Å². The number of hydrogen-bond acceptors (Lipinski definition) is 4. The van der Waals surface area contributed by atoms with Crippen LogP contribution in [-0.2, 0) is 4.79 Å². The first-order valence-corrected chi connectivity index (χ1v) is 10.6. The zero-order valence-corrected chi connectivity index (χ0v) is 17.1. The van der Waals surface area contributed by atoms with Crippen molar-refractivity contribution in [2.75, 3.05) is 6.54 Å². The van der Waals surface area contributed by atoms with E-state index >= 15 is 0 Å². The van der Waals surface area contributed by atoms with Crippen LogP contribution in [0.1, 0.15) is 24.8 Å². The summed E-state index contributed by atoms with van der Waals surface area (Å²) < 4.78 is 2.03. The number of aryl methyl sites for hydroxylation is 1. The van der Waals surface area contributed by atoms with Gasteiger partial charge < -0.3 is 5.32 Å². The third-order valence-corrected chi connectivity index (χ3v) is 6.19. The van der Waals surface area contributed by atoms with Crippen molar-refractivity contribution < 1.29 is 4.79 Å². The molecule has 1 aromatic heterocycles. The van der Waals surface area contributed by atoms with Crippen LogP contribution >= 0.6 is 23.4 Å². The lowest BCUT2D eigenvalue weighted by Gasteiger charge is -2.15. The van der Waals surface area contributed by atoms with Crippen molar-refractivity contribution in [1.29, 1.82) is 0 Å². The maximum absolute atomic E-state index is 12.4. The van der Waals surface area contributed by atoms with E-state index in [9.17, 15) is 4.79 Å². The first kappa shape index (κ1) is 19.0. The van der Waals surface area contributed by atoms with Crippen molar-refractivity contribution >= 4 is 29.3 Å². The summed E-state index contributed by atoms with van der Waals surface area (Å²) in [5.41, 5.74) is 3.05. The Kier molecular flexibility index (Phi) is 5.69. The van der Waals surface area contributed by atoms with Gasteiger partial charge in [0, 0.05) is 22.8 Å². The van der Waals surface area contributed by atoms with E-state index in [-0.39, 0.29) is 11.2 Å². The van der Waals surface area contributed by atoms with Crippen LogP contribution in [0.5, 0.6) is 0 Å². The summed E-state index contributed by atoms with van der Waals surface area (Å²) in [7, 11) is 0. The van der Waals surface area contributed by atoms with E-state index in [4.69, 9.17) is 11.6 Å². The highest BCUT2D eigenvalue weighted by atomic mass is 35.5. The first-order chi connectivity index (χ1) is 13.6. The number of nitrogens with one attached hydrogen (secondary N) is 1. The molecule has 0 radical (unpaired) electrons. The maximum Gasteiger partial charge on any atom is 0.233 e. The molecule has 1 atom stereocenters. The third kappa shape index (κ3) is 4.08. The zero-order valence-electron chi connectivity index (χ0n) is 15.6. The van der Waals surface area contributed by atoms with E-state index in [0.29, 0.717) is 5.02 Å². The van der Waals surface area contributed by atoms with Crippen LogP contribution in [0.3, 0.4) is 0 Å². The van der Waals surface area contributed by atoms with Crippen LogP contribution in [0.4, 0.5) is 0 Å². The van der Waals surface area contributed by atoms with E-state index in [0.717, 1.165) is 53.6 Å². The Hall–Kier alpha value is -2.31. The molecule has 1 aliphatic heterocycles. The SMILES string of the molecule is Cc1cccc(-n2c(SC3CCCCNC3=O)nnc2-c2ccc(Cl)cc2)c1. The van der Waals surface area contributed by atoms with Gasteiger partial charge in [0.2, 0.25) is 5.91 Å². The van der Waals surface area contributed by atoms with E-state index < -0.39 is 0 Å². The molecular formula is C21H21ClN4OS. The summed E-state index contributed by atoms with van der Waals surface area (Å²) in [5, 5.41) is 13.1. The van der Waals surface area contributed by atoms with Gasteiger partial charge in [-0.25, -0.2) is 0 Å². The fraction of sp³-hybridized carbons (Fsp3) is 0.286. The third-order valence-electron chi connectivity index (χ3n) is 4.73. The lowest BCUT2D eigenvalue weighted by molar-refractivity contribution is -0.120. The number of aromatic nitrogens is 3. The molecule has 2 heterocycles. The Morgan fingerprint density at radius 2 is 1.96 bits per heavy atom. The van der Waals surface area contributed by atoms with Gasteiger partial charge >= 0.3 is 0 Å². The molecule has 1 aliphatic rings. The molecule has 2 aromatic carbocycles. The highest BCUT2D eigenvalue weighted by molar-refractivity contribution is 8.00. The molecule has 1 N–H and O–H groups in total. The molecule has 28 heavy (non-hydrogen) atoms. The van der Waals surface area contributed by atoms with Crippen molar-refractivity contribution in [1.82, 2.24) is 20.1 Å². The molecule has 5 nitrogen and oxygen atoms in total. The molecule has 4 rings (SSSR count). The second kappa shape index (κ2) is 8.37. The van der Waals surface area contributed by atoms with Crippen molar-refractivity contribution in [3.8, 4) is 17.1 Å². The van der Waals surface area contributed by atoms with Gasteiger partial charge in [0.15, 0.2) is 11.0 Å². The first-order valence-electron chi connectivity index (χ1n) is 9.34. The van der Waals surface area contributed by atoms with Crippen molar-refractivity contribution in [3.05, 3.63) is 59.1 Å². The maximum atomic E-state index is 12.4. The van der Waals surface area contributed by atoms with E-state index in [1.54, 1.807) is 0 Å². The second-order valence-electron chi connectivity index (χ2n) is 6.88. The van der Waals surface area contributed by atoms with Crippen LogP contribution in [0.25, 0.3) is 17.1 Å². The van der Waals surface area contributed by atoms with Crippen LogP contribution in [-0.4, -0.2) is 32.5 Å². The molecule has 1 saturated heterocycles. The van der Waals surface area contributed by atoms with Gasteiger partial charge in [-0.2, -0.15) is 0 Å². The minimum atomic E-state index is -0.159. The summed E-state index contributed by atoms with van der Waals surface area (Å²) >= 11 is 7.53. The van der Waals surface area contributed by atoms with Crippen molar-refractivity contribution in [2.45, 2.75) is 36.6 Å². The number of amides is 1. The zero-order chi connectivity index (χ0) is 19.5. The molecule has 3 aromatic rings. The van der Waals surface area contributed by atoms with Gasteiger partial charge in [0.1, 0.15) is 0 Å². The highest BCUT2D eigenvalue weighted by Gasteiger charge is 2.26. The molecule has 1 amide bonds. The summed E-state index contributed by atoms with van der Waals surface area (Å²) in [6.45, 7) is 2.80. The highest BCUT2D eigenvalue weighted by Crippen LogP contribution is 2.33. The standard InChI is InChI=1S/C21H21ClN4OS/c1-14-5-4-6-17(13-14)26-19(15-8-10-16(22)11-9-15)24-25-21(26)28-18-7-2-3-12-23-20(18)27/h4-6,8-11,13,18H,2-3,7,12H2,1H3,(H,23,27). The molecule has 1 fully saturated rings. The number of nitrogens with zero attached hydrogens (tertiary/aromatic N) is 3. The lowest BCUT2D eigenvalue weighted by Crippen LogP contribution is -2.30. The normalized spacial score (nSPS) is 17.2. The summed E-state index contributed by atoms with van der Waals surface area (Å²) in [6.07, 6.45) is 2.88. The molecule has 0 spiro atoms. The fourth-order valence-corrected chi connectivity index (χ4v) is 4.52. The van der Waals surface area contributed by atoms with Crippen molar-refractivity contribution in [3.63, 3.8) is 0 Å². The largest absolute Gasteiger partial charge is 0.355 e. The monoisotopic (exact) mass is 412 g/mol. The van der Waals surface area contributed by atoms with Gasteiger partial charge in [-0.1, -0.05) is 41.9 Å². The minimum Gasteiger partial charge on any atom is -0.355 e. The number of carbonyl (C=O) groups excluding carboxylic acids is 1. The molecule has 144 valence electrons. The number of carbonyl (C=O) groups is 1. The summed E-state index contributed by atoms with van der Waals surface area (Å²) in [4.78, 5) is 12.4. The smallest absolute Gasteiger partial charge is 0.233 e. The lowest BCUT2D eigenvalue weighted by atomic mass is 10.2. The van der Waals surface area contributed by atoms with Crippen molar-refractivity contribution in [2.24, 2.45) is 0 Å². The van der Waals surface area contributed by atoms with Gasteiger partial charge in [-0.05, 0) is 61.7 Å². The molecule has 0 saturated carbocycles. The van der Waals surface area contributed by atoms with Crippen LogP contribution in [0.15, 0.2) is 53.7 Å². The molecule has 0 bridgehead atoms. The Morgan fingerprint density at radius 1 is 1.14 bits per heavy atom. The number of benzene rings is 2. The van der Waals surface area contributed by atoms with Crippen LogP contribution in [0, 0.1) is 6.92 Å². The Balaban J connectivity index is 1.78. The number of thioether (sulfide) groups is 1. The van der Waals surface area contributed by atoms with E-state index in [1.807, 2.05) is 41.0 Å². The van der Waals surface area contributed by atoms with E-state index in [2.05, 4.69) is 34.6 Å². The van der Waals surface area contributed by atoms with Crippen LogP contribution in [0.2, 0.25) is 5.02 Å². The molecule has 7 heteroatoms. The Bertz CT molecular complexity index is 986. The molecule has 1 unspecified atom stereocenters. The van der Waals surface area contributed by atoms with Gasteiger partial charge in [0.05, 0.1) is 5.25 Å². The molecular weight excluding hydrogens is 392 g/mol. The summed E-state index contributed by atoms with van der Waals surface area (Å²) in [5.74, 6) is 0.813. The Labute approximate surface area is 173 Å². The predicted molar refractivity (Wildman–Crippen MR) is 113 cm³/mol. The average Bonchev–Trinajstić information content (AvgIpc) is 2.99. The quantitative estimate of drug-likeness (QED) is 0.677. The van der Waals surface area contributed by atoms with Gasteiger partial charge in [0.25, 0.3) is 0 Å². The predicted octanol–water partition coefficient (Wildman–Crippen LogP) is 4.66. The summed E-state index contributed by atoms with van der Waals surface area (Å²) in [6, 6.07) is 15.8. The minimum absolute atomic E-state index is 0.0781. The Morgan fingerprint density at radius 3 is 2.75 bits per heavy atom. The second-order valence-corrected chi connectivity index (χ2v) is 8.49. The van der Waals surface area contributed by atoms with Gasteiger partial charge in [-0.3, -0.25) is 9.36 Å².